The zero-order valence-corrected chi connectivity index (χ0v) is 13.7. The minimum Gasteiger partial charge on any atom is -0.387 e. The average molecular weight is 338 g/mol. The van der Waals surface area contributed by atoms with Crippen molar-refractivity contribution in [3.8, 4) is 0 Å². The Hall–Kier alpha value is -1.83. The molecular weight excluding hydrogens is 319 g/mol. The van der Waals surface area contributed by atoms with Crippen LogP contribution in [0.15, 0.2) is 47.6 Å². The number of aliphatic hydroxyl groups is 1. The number of hydrogen-bond donors (Lipinski definition) is 2. The number of nitrogens with zero attached hydrogens (tertiary/aromatic N) is 1. The normalized spacial score (nSPS) is 14.4. The Morgan fingerprint density at radius 2 is 1.87 bits per heavy atom. The summed E-state index contributed by atoms with van der Waals surface area (Å²) in [4.78, 5) is 3.57. The third kappa shape index (κ3) is 4.57. The van der Waals surface area contributed by atoms with Gasteiger partial charge in [0, 0.05) is 31.2 Å². The van der Waals surface area contributed by atoms with Gasteiger partial charge in [0.15, 0.2) is 9.84 Å². The van der Waals surface area contributed by atoms with Crippen LogP contribution in [-0.2, 0) is 9.84 Å². The molecule has 7 heteroatoms. The van der Waals surface area contributed by atoms with Crippen molar-refractivity contribution in [2.75, 3.05) is 12.8 Å². The molecule has 2 aromatic rings. The Bertz CT molecular complexity index is 766. The van der Waals surface area contributed by atoms with Crippen LogP contribution in [0.25, 0.3) is 0 Å². The zero-order chi connectivity index (χ0) is 17.0. The van der Waals surface area contributed by atoms with Crippen molar-refractivity contribution >= 4 is 9.84 Å². The second-order valence-corrected chi connectivity index (χ2v) is 7.37. The van der Waals surface area contributed by atoms with E-state index in [-0.39, 0.29) is 17.5 Å². The van der Waals surface area contributed by atoms with Crippen LogP contribution in [0.5, 0.6) is 0 Å². The van der Waals surface area contributed by atoms with Gasteiger partial charge in [0.2, 0.25) is 0 Å². The van der Waals surface area contributed by atoms with Gasteiger partial charge in [-0.15, -0.1) is 0 Å². The summed E-state index contributed by atoms with van der Waals surface area (Å²) in [6.07, 6.45) is 3.46. The van der Waals surface area contributed by atoms with Crippen molar-refractivity contribution in [3.05, 3.63) is 59.7 Å². The molecule has 0 fully saturated rings. The Labute approximate surface area is 135 Å². The largest absolute Gasteiger partial charge is 0.387 e. The van der Waals surface area contributed by atoms with Crippen LogP contribution in [0.4, 0.5) is 4.39 Å². The van der Waals surface area contributed by atoms with E-state index < -0.39 is 21.8 Å². The van der Waals surface area contributed by atoms with Crippen molar-refractivity contribution in [2.24, 2.45) is 0 Å². The van der Waals surface area contributed by atoms with E-state index in [0.29, 0.717) is 5.56 Å². The second-order valence-electron chi connectivity index (χ2n) is 5.39. The number of sulfone groups is 1. The van der Waals surface area contributed by atoms with Gasteiger partial charge in [0.1, 0.15) is 10.7 Å². The van der Waals surface area contributed by atoms with Gasteiger partial charge in [-0.1, -0.05) is 6.07 Å². The molecule has 0 spiro atoms. The third-order valence-electron chi connectivity index (χ3n) is 3.56. The predicted octanol–water partition coefficient (Wildman–Crippen LogP) is 2.01. The molecule has 2 atom stereocenters. The molecule has 1 heterocycles. The minimum absolute atomic E-state index is 0.241. The van der Waals surface area contributed by atoms with Crippen LogP contribution < -0.4 is 5.32 Å². The van der Waals surface area contributed by atoms with Crippen LogP contribution >= 0.6 is 0 Å². The first-order valence-electron chi connectivity index (χ1n) is 7.10. The Morgan fingerprint density at radius 1 is 1.22 bits per heavy atom. The summed E-state index contributed by atoms with van der Waals surface area (Å²) in [6, 6.07) is 7.23. The molecule has 0 saturated heterocycles. The van der Waals surface area contributed by atoms with Crippen molar-refractivity contribution in [2.45, 2.75) is 24.0 Å². The van der Waals surface area contributed by atoms with Gasteiger partial charge < -0.3 is 10.4 Å². The Kier molecular flexibility index (Phi) is 5.46. The van der Waals surface area contributed by atoms with Gasteiger partial charge in [0.25, 0.3) is 0 Å². The first kappa shape index (κ1) is 17.5. The molecule has 0 aliphatic heterocycles. The predicted molar refractivity (Wildman–Crippen MR) is 85.1 cm³/mol. The fraction of sp³-hybridized carbons (Fsp3) is 0.312. The lowest BCUT2D eigenvalue weighted by atomic mass is 10.1. The highest BCUT2D eigenvalue weighted by Crippen LogP contribution is 2.21. The van der Waals surface area contributed by atoms with E-state index in [9.17, 15) is 17.9 Å². The van der Waals surface area contributed by atoms with Gasteiger partial charge in [-0.05, 0) is 42.3 Å². The maximum absolute atomic E-state index is 13.9. The van der Waals surface area contributed by atoms with E-state index in [2.05, 4.69) is 10.3 Å². The molecule has 0 unspecified atom stereocenters. The van der Waals surface area contributed by atoms with Crippen molar-refractivity contribution < 1.29 is 17.9 Å². The van der Waals surface area contributed by atoms with Gasteiger partial charge >= 0.3 is 0 Å². The molecule has 124 valence electrons. The zero-order valence-electron chi connectivity index (χ0n) is 12.9. The fourth-order valence-corrected chi connectivity index (χ4v) is 2.93. The highest BCUT2D eigenvalue weighted by molar-refractivity contribution is 7.90. The fourth-order valence-electron chi connectivity index (χ4n) is 2.20. The summed E-state index contributed by atoms with van der Waals surface area (Å²) in [5, 5.41) is 13.2. The number of nitrogens with one attached hydrogen (secondary N) is 1. The molecule has 0 amide bonds. The van der Waals surface area contributed by atoms with Crippen LogP contribution in [0.3, 0.4) is 0 Å². The van der Waals surface area contributed by atoms with E-state index in [1.165, 1.54) is 12.1 Å². The molecule has 0 aliphatic carbocycles. The number of hydrogen-bond acceptors (Lipinski definition) is 5. The molecule has 23 heavy (non-hydrogen) atoms. The molecule has 5 nitrogen and oxygen atoms in total. The van der Waals surface area contributed by atoms with Crippen molar-refractivity contribution in [3.63, 3.8) is 0 Å². The second kappa shape index (κ2) is 7.16. The summed E-state index contributed by atoms with van der Waals surface area (Å²) < 4.78 is 36.7. The van der Waals surface area contributed by atoms with E-state index in [1.807, 2.05) is 6.92 Å². The van der Waals surface area contributed by atoms with Gasteiger partial charge in [-0.25, -0.2) is 12.8 Å². The van der Waals surface area contributed by atoms with Crippen LogP contribution in [0.2, 0.25) is 0 Å². The van der Waals surface area contributed by atoms with Gasteiger partial charge in [-0.2, -0.15) is 0 Å². The number of pyridine rings is 1. The van der Waals surface area contributed by atoms with E-state index in [0.717, 1.165) is 11.8 Å². The first-order valence-corrected chi connectivity index (χ1v) is 8.99. The summed E-state index contributed by atoms with van der Waals surface area (Å²) >= 11 is 0. The van der Waals surface area contributed by atoms with Crippen molar-refractivity contribution in [1.82, 2.24) is 10.3 Å². The molecule has 0 saturated carbocycles. The lowest BCUT2D eigenvalue weighted by Gasteiger charge is -2.18. The molecule has 0 radical (unpaired) electrons. The maximum Gasteiger partial charge on any atom is 0.178 e. The highest BCUT2D eigenvalue weighted by atomic mass is 32.2. The lowest BCUT2D eigenvalue weighted by molar-refractivity contribution is 0.170. The number of benzene rings is 1. The number of aromatic nitrogens is 1. The number of rotatable bonds is 6. The molecule has 0 aliphatic rings. The minimum atomic E-state index is -3.58. The monoisotopic (exact) mass is 338 g/mol. The first-order chi connectivity index (χ1) is 10.8. The van der Waals surface area contributed by atoms with Crippen LogP contribution in [0, 0.1) is 5.82 Å². The Balaban J connectivity index is 2.04. The molecule has 2 N–H and O–H groups in total. The summed E-state index contributed by atoms with van der Waals surface area (Å²) in [5.41, 5.74) is 1.34. The number of aliphatic hydroxyl groups excluding tert-OH is 1. The molecule has 1 aromatic carbocycles. The molecule has 1 aromatic heterocycles. The lowest BCUT2D eigenvalue weighted by Crippen LogP contribution is -2.25. The maximum atomic E-state index is 13.9. The quantitative estimate of drug-likeness (QED) is 0.842. The van der Waals surface area contributed by atoms with Crippen molar-refractivity contribution in [1.29, 1.82) is 0 Å². The standard InChI is InChI=1S/C16H19FN2O3S/c1-11(19-10-15(20)12-5-7-18-8-6-12)13-3-4-16(14(17)9-13)23(2,21)22/h3-9,11,15,19-20H,10H2,1-2H3/t11-,15+/m0/s1. The third-order valence-corrected chi connectivity index (χ3v) is 4.69. The smallest absolute Gasteiger partial charge is 0.178 e. The Morgan fingerprint density at radius 3 is 2.43 bits per heavy atom. The van der Waals surface area contributed by atoms with E-state index in [4.69, 9.17) is 0 Å². The summed E-state index contributed by atoms with van der Waals surface area (Å²) in [7, 11) is -3.58. The van der Waals surface area contributed by atoms with Gasteiger partial charge in [-0.3, -0.25) is 4.98 Å². The highest BCUT2D eigenvalue weighted by Gasteiger charge is 2.16. The average Bonchev–Trinajstić information content (AvgIpc) is 2.51. The van der Waals surface area contributed by atoms with Crippen LogP contribution in [-0.4, -0.2) is 31.3 Å². The molecule has 2 rings (SSSR count). The summed E-state index contributed by atoms with van der Waals surface area (Å²) in [6.45, 7) is 2.09. The van der Waals surface area contributed by atoms with E-state index >= 15 is 0 Å². The van der Waals surface area contributed by atoms with E-state index in [1.54, 1.807) is 30.6 Å². The molecular formula is C16H19FN2O3S. The van der Waals surface area contributed by atoms with Crippen LogP contribution in [0.1, 0.15) is 30.2 Å². The van der Waals surface area contributed by atoms with Gasteiger partial charge in [0.05, 0.1) is 6.10 Å². The molecule has 0 bridgehead atoms. The number of halogens is 1. The SMILES string of the molecule is C[C@H](NC[C@@H](O)c1ccncc1)c1ccc(S(C)(=O)=O)c(F)c1. The summed E-state index contributed by atoms with van der Waals surface area (Å²) in [5.74, 6) is -0.770. The topological polar surface area (TPSA) is 79.3 Å².